The van der Waals surface area contributed by atoms with Gasteiger partial charge >= 0.3 is 0 Å². The van der Waals surface area contributed by atoms with E-state index in [9.17, 15) is 9.18 Å². The molecular formula is C22H22FN5O. The van der Waals surface area contributed by atoms with Crippen LogP contribution in [0.5, 0.6) is 0 Å². The topological polar surface area (TPSA) is 76.2 Å². The second-order valence-corrected chi connectivity index (χ2v) is 7.55. The number of aromatic nitrogens is 2. The number of benzene rings is 2. The van der Waals surface area contributed by atoms with Crippen molar-refractivity contribution in [3.05, 3.63) is 72.4 Å². The zero-order chi connectivity index (χ0) is 20.6. The Hall–Kier alpha value is -3.45. The first-order chi connectivity index (χ1) is 13.8. The zero-order valence-corrected chi connectivity index (χ0v) is 16.3. The molecule has 148 valence electrons. The minimum atomic E-state index is -0.976. The van der Waals surface area contributed by atoms with Crippen LogP contribution in [0.1, 0.15) is 19.7 Å². The van der Waals surface area contributed by atoms with E-state index in [0.717, 1.165) is 22.8 Å². The van der Waals surface area contributed by atoms with Gasteiger partial charge < -0.3 is 16.0 Å². The summed E-state index contributed by atoms with van der Waals surface area (Å²) in [4.78, 5) is 18.9. The first-order valence-electron chi connectivity index (χ1n) is 9.30. The summed E-state index contributed by atoms with van der Waals surface area (Å²) < 4.78 is 15.2. The molecule has 29 heavy (non-hydrogen) atoms. The molecule has 3 N–H and O–H groups in total. The van der Waals surface area contributed by atoms with Crippen LogP contribution < -0.4 is 11.1 Å². The Morgan fingerprint density at radius 1 is 1.10 bits per heavy atom. The van der Waals surface area contributed by atoms with Crippen LogP contribution in [0.4, 0.5) is 15.9 Å². The van der Waals surface area contributed by atoms with Crippen molar-refractivity contribution in [3.63, 3.8) is 0 Å². The number of imidazole rings is 1. The summed E-state index contributed by atoms with van der Waals surface area (Å²) in [6.07, 6.45) is 3.49. The fourth-order valence-corrected chi connectivity index (χ4v) is 3.20. The normalized spacial score (nSPS) is 13.3. The van der Waals surface area contributed by atoms with Crippen LogP contribution in [-0.4, -0.2) is 25.9 Å². The van der Waals surface area contributed by atoms with E-state index >= 15 is 0 Å². The summed E-state index contributed by atoms with van der Waals surface area (Å²) in [5, 5.41) is 3.34. The standard InChI is InChI=1S/C22H22FN5O/c1-22(2,24)21(29)27-12-13-28-18(14-27)26-19(15-6-4-3-5-7-15)20(28)25-17-10-8-16(23)9-11-17/h3-13,25H,14,24H2,1-2H3. The number of fused-ring (bicyclic) bond motifs is 1. The Balaban J connectivity index is 1.76. The molecule has 0 radical (unpaired) electrons. The van der Waals surface area contributed by atoms with Crippen molar-refractivity contribution in [3.8, 4) is 11.3 Å². The van der Waals surface area contributed by atoms with Crippen molar-refractivity contribution >= 4 is 23.6 Å². The van der Waals surface area contributed by atoms with Gasteiger partial charge in [0.25, 0.3) is 0 Å². The van der Waals surface area contributed by atoms with Gasteiger partial charge in [0.15, 0.2) is 0 Å². The maximum atomic E-state index is 13.3. The van der Waals surface area contributed by atoms with Gasteiger partial charge in [0.05, 0.1) is 12.1 Å². The molecule has 0 saturated heterocycles. The molecule has 2 heterocycles. The number of rotatable bonds is 4. The van der Waals surface area contributed by atoms with Gasteiger partial charge in [-0.25, -0.2) is 9.37 Å². The summed E-state index contributed by atoms with van der Waals surface area (Å²) in [6.45, 7) is 3.67. The molecule has 1 aliphatic heterocycles. The lowest BCUT2D eigenvalue weighted by Crippen LogP contribution is -2.49. The lowest BCUT2D eigenvalue weighted by atomic mass is 10.1. The molecule has 4 rings (SSSR count). The van der Waals surface area contributed by atoms with Crippen molar-refractivity contribution in [1.29, 1.82) is 0 Å². The van der Waals surface area contributed by atoms with Gasteiger partial charge in [-0.2, -0.15) is 0 Å². The third-order valence-corrected chi connectivity index (χ3v) is 4.66. The molecule has 1 aromatic heterocycles. The predicted octanol–water partition coefficient (Wildman–Crippen LogP) is 3.94. The van der Waals surface area contributed by atoms with Gasteiger partial charge in [-0.15, -0.1) is 0 Å². The van der Waals surface area contributed by atoms with Crippen LogP contribution in [-0.2, 0) is 11.3 Å². The maximum absolute atomic E-state index is 13.3. The Morgan fingerprint density at radius 3 is 2.45 bits per heavy atom. The largest absolute Gasteiger partial charge is 0.339 e. The summed E-state index contributed by atoms with van der Waals surface area (Å²) in [6, 6.07) is 15.9. The van der Waals surface area contributed by atoms with Crippen LogP contribution in [0.2, 0.25) is 0 Å². The van der Waals surface area contributed by atoms with E-state index in [-0.39, 0.29) is 11.7 Å². The number of nitrogens with zero attached hydrogens (tertiary/aromatic N) is 3. The van der Waals surface area contributed by atoms with E-state index in [1.54, 1.807) is 43.3 Å². The molecule has 0 saturated carbocycles. The van der Waals surface area contributed by atoms with Crippen molar-refractivity contribution in [2.45, 2.75) is 25.9 Å². The van der Waals surface area contributed by atoms with Crippen molar-refractivity contribution in [2.75, 3.05) is 5.32 Å². The highest BCUT2D eigenvalue weighted by Crippen LogP contribution is 2.33. The summed E-state index contributed by atoms with van der Waals surface area (Å²) in [5.74, 6) is 0.964. The molecule has 1 amide bonds. The number of carbonyl (C=O) groups is 1. The molecule has 0 atom stereocenters. The second-order valence-electron chi connectivity index (χ2n) is 7.55. The van der Waals surface area contributed by atoms with Gasteiger partial charge in [0.1, 0.15) is 23.2 Å². The first-order valence-corrected chi connectivity index (χ1v) is 9.30. The predicted molar refractivity (Wildman–Crippen MR) is 111 cm³/mol. The lowest BCUT2D eigenvalue weighted by molar-refractivity contribution is -0.133. The van der Waals surface area contributed by atoms with Gasteiger partial charge in [0, 0.05) is 23.7 Å². The smallest absolute Gasteiger partial charge is 0.246 e. The summed E-state index contributed by atoms with van der Waals surface area (Å²) in [7, 11) is 0. The van der Waals surface area contributed by atoms with Crippen LogP contribution in [0.3, 0.4) is 0 Å². The minimum Gasteiger partial charge on any atom is -0.339 e. The van der Waals surface area contributed by atoms with Crippen LogP contribution in [0.15, 0.2) is 60.8 Å². The molecule has 0 aliphatic carbocycles. The third kappa shape index (κ3) is 3.77. The Labute approximate surface area is 168 Å². The van der Waals surface area contributed by atoms with Crippen molar-refractivity contribution in [2.24, 2.45) is 5.73 Å². The monoisotopic (exact) mass is 391 g/mol. The number of hydrogen-bond donors (Lipinski definition) is 2. The molecule has 0 bridgehead atoms. The number of amides is 1. The number of nitrogens with one attached hydrogen (secondary N) is 1. The third-order valence-electron chi connectivity index (χ3n) is 4.66. The molecule has 0 fully saturated rings. The molecule has 0 unspecified atom stereocenters. The SMILES string of the molecule is CC(C)(N)C(=O)N1C=Cn2c(nc(-c3ccccc3)c2Nc2ccc(F)cc2)C1. The van der Waals surface area contributed by atoms with E-state index in [0.29, 0.717) is 12.4 Å². The Bertz CT molecular complexity index is 1070. The number of hydrogen-bond acceptors (Lipinski definition) is 4. The minimum absolute atomic E-state index is 0.183. The Kier molecular flexibility index (Phi) is 4.68. The van der Waals surface area contributed by atoms with E-state index in [2.05, 4.69) is 5.32 Å². The van der Waals surface area contributed by atoms with Crippen molar-refractivity contribution in [1.82, 2.24) is 14.5 Å². The number of anilines is 2. The van der Waals surface area contributed by atoms with E-state index in [1.165, 1.54) is 12.1 Å². The van der Waals surface area contributed by atoms with Crippen LogP contribution in [0.25, 0.3) is 17.5 Å². The lowest BCUT2D eigenvalue weighted by Gasteiger charge is -2.28. The zero-order valence-electron chi connectivity index (χ0n) is 16.3. The summed E-state index contributed by atoms with van der Waals surface area (Å²) in [5.41, 5.74) is 7.42. The first kappa shape index (κ1) is 18.9. The van der Waals surface area contributed by atoms with Gasteiger partial charge in [-0.05, 0) is 38.1 Å². The highest BCUT2D eigenvalue weighted by molar-refractivity contribution is 5.87. The Morgan fingerprint density at radius 2 is 1.79 bits per heavy atom. The number of carbonyl (C=O) groups excluding carboxylic acids is 1. The average molecular weight is 391 g/mol. The molecule has 1 aliphatic rings. The maximum Gasteiger partial charge on any atom is 0.246 e. The van der Waals surface area contributed by atoms with E-state index < -0.39 is 5.54 Å². The number of nitrogens with two attached hydrogens (primary N) is 1. The number of halogens is 1. The fourth-order valence-electron chi connectivity index (χ4n) is 3.20. The van der Waals surface area contributed by atoms with Crippen molar-refractivity contribution < 1.29 is 9.18 Å². The molecule has 6 nitrogen and oxygen atoms in total. The quantitative estimate of drug-likeness (QED) is 0.706. The van der Waals surface area contributed by atoms with Crippen LogP contribution >= 0.6 is 0 Å². The van der Waals surface area contributed by atoms with E-state index in [4.69, 9.17) is 10.7 Å². The highest BCUT2D eigenvalue weighted by atomic mass is 19.1. The summed E-state index contributed by atoms with van der Waals surface area (Å²) >= 11 is 0. The molecule has 0 spiro atoms. The van der Waals surface area contributed by atoms with E-state index in [1.807, 2.05) is 34.9 Å². The van der Waals surface area contributed by atoms with Gasteiger partial charge in [-0.3, -0.25) is 9.36 Å². The average Bonchev–Trinajstić information content (AvgIpc) is 3.06. The molecule has 3 aromatic rings. The molecule has 2 aromatic carbocycles. The fraction of sp³-hybridized carbons (Fsp3) is 0.182. The second kappa shape index (κ2) is 7.18. The van der Waals surface area contributed by atoms with Gasteiger partial charge in [0.2, 0.25) is 5.91 Å². The van der Waals surface area contributed by atoms with Gasteiger partial charge in [-0.1, -0.05) is 30.3 Å². The van der Waals surface area contributed by atoms with Crippen LogP contribution in [0, 0.1) is 5.82 Å². The highest BCUT2D eigenvalue weighted by Gasteiger charge is 2.30. The molecular weight excluding hydrogens is 369 g/mol. The molecule has 7 heteroatoms.